The number of rotatable bonds is 11. The normalized spacial score (nSPS) is 11.5. The van der Waals surface area contributed by atoms with Crippen molar-refractivity contribution in [2.24, 2.45) is 11.8 Å². The summed E-state index contributed by atoms with van der Waals surface area (Å²) in [6, 6.07) is 34.3. The van der Waals surface area contributed by atoms with Gasteiger partial charge in [0.15, 0.2) is 0 Å². The van der Waals surface area contributed by atoms with Gasteiger partial charge in [-0.05, 0) is 95.1 Å². The van der Waals surface area contributed by atoms with E-state index in [9.17, 15) is 0 Å². The summed E-state index contributed by atoms with van der Waals surface area (Å²) in [6.07, 6.45) is 10.3. The third kappa shape index (κ3) is 7.21. The molecule has 3 heterocycles. The quantitative estimate of drug-likeness (QED) is 0.122. The van der Waals surface area contributed by atoms with Crippen LogP contribution >= 0.6 is 0 Å². The van der Waals surface area contributed by atoms with Gasteiger partial charge in [-0.15, -0.1) is 35.7 Å². The van der Waals surface area contributed by atoms with E-state index >= 15 is 0 Å². The minimum Gasteiger partial charge on any atom is -0.509 e. The molecular formula is C44H44N4OPt. The van der Waals surface area contributed by atoms with Gasteiger partial charge >= 0.3 is 21.1 Å². The van der Waals surface area contributed by atoms with E-state index in [0.29, 0.717) is 23.3 Å². The molecule has 0 aliphatic heterocycles. The molecule has 50 heavy (non-hydrogen) atoms. The molecule has 0 bridgehead atoms. The van der Waals surface area contributed by atoms with Crippen LogP contribution in [0, 0.1) is 30.9 Å². The van der Waals surface area contributed by atoms with Crippen molar-refractivity contribution >= 4 is 21.8 Å². The van der Waals surface area contributed by atoms with Crippen molar-refractivity contribution in [3.05, 3.63) is 132 Å². The predicted molar refractivity (Wildman–Crippen MR) is 201 cm³/mol. The van der Waals surface area contributed by atoms with E-state index in [1.165, 1.54) is 22.3 Å². The zero-order chi connectivity index (χ0) is 34.1. The Morgan fingerprint density at radius 1 is 0.800 bits per heavy atom. The number of hydrogen-bond acceptors (Lipinski definition) is 3. The first-order valence-electron chi connectivity index (χ1n) is 17.6. The second-order valence-corrected chi connectivity index (χ2v) is 14.0. The predicted octanol–water partition coefficient (Wildman–Crippen LogP) is 11.1. The van der Waals surface area contributed by atoms with Crippen molar-refractivity contribution in [2.75, 3.05) is 0 Å². The molecular weight excluding hydrogens is 796 g/mol. The first-order chi connectivity index (χ1) is 23.8. The zero-order valence-electron chi connectivity index (χ0n) is 29.7. The molecule has 0 unspecified atom stereocenters. The maximum atomic E-state index is 6.43. The molecule has 3 aromatic heterocycles. The third-order valence-electron chi connectivity index (χ3n) is 9.03. The Kier molecular flexibility index (Phi) is 10.7. The fraction of sp³-hybridized carbons (Fsp3) is 0.273. The molecule has 0 atom stereocenters. The summed E-state index contributed by atoms with van der Waals surface area (Å²) in [6.45, 7) is 13.6. The molecule has 0 fully saturated rings. The average molecular weight is 840 g/mol. The van der Waals surface area contributed by atoms with Gasteiger partial charge in [0.2, 0.25) is 0 Å². The van der Waals surface area contributed by atoms with Crippen LogP contribution < -0.4 is 4.74 Å². The Balaban J connectivity index is 0.00000432. The van der Waals surface area contributed by atoms with Crippen molar-refractivity contribution in [1.29, 1.82) is 0 Å². The van der Waals surface area contributed by atoms with Gasteiger partial charge in [0.05, 0.1) is 6.20 Å². The van der Waals surface area contributed by atoms with E-state index in [2.05, 4.69) is 113 Å². The number of aromatic nitrogens is 4. The third-order valence-corrected chi connectivity index (χ3v) is 9.03. The van der Waals surface area contributed by atoms with Gasteiger partial charge in [0, 0.05) is 35.0 Å². The molecule has 6 heteroatoms. The van der Waals surface area contributed by atoms with Crippen molar-refractivity contribution in [1.82, 2.24) is 19.3 Å². The molecule has 0 aliphatic carbocycles. The molecule has 0 saturated carbocycles. The van der Waals surface area contributed by atoms with E-state index in [4.69, 9.17) is 14.8 Å². The Bertz CT molecular complexity index is 2260. The van der Waals surface area contributed by atoms with Gasteiger partial charge in [-0.1, -0.05) is 76.9 Å². The van der Waals surface area contributed by atoms with Crippen LogP contribution in [0.3, 0.4) is 0 Å². The van der Waals surface area contributed by atoms with E-state index in [0.717, 1.165) is 70.1 Å². The van der Waals surface area contributed by atoms with Gasteiger partial charge < -0.3 is 9.30 Å². The largest absolute Gasteiger partial charge is 2.00 e. The molecule has 7 rings (SSSR count). The standard InChI is InChI=1S/C44H44N4O.Pt/c1-7-11-32-16-17-33(22-29(2)3)44(40(32)23-30(4)5)34-27-46-47(28-34)35-12-10-13-36(25-35)49-37-18-19-39-38-14-8-9-15-41(38)48(42(39)26-37)43-24-31(6)20-21-45-43;/h8-10,12-21,24,27-30H,7,11,22-23H2,1-6H3;/q-2;+2. The van der Waals surface area contributed by atoms with Crippen LogP contribution in [0.2, 0.25) is 0 Å². The van der Waals surface area contributed by atoms with Crippen molar-refractivity contribution < 1.29 is 25.8 Å². The van der Waals surface area contributed by atoms with E-state index in [1.807, 2.05) is 47.4 Å². The summed E-state index contributed by atoms with van der Waals surface area (Å²) >= 11 is 0. The van der Waals surface area contributed by atoms with Gasteiger partial charge in [-0.2, -0.15) is 17.2 Å². The molecule has 5 nitrogen and oxygen atoms in total. The number of pyridine rings is 1. The van der Waals surface area contributed by atoms with Gasteiger partial charge in [-0.25, -0.2) is 4.98 Å². The second-order valence-electron chi connectivity index (χ2n) is 14.0. The minimum absolute atomic E-state index is 0. The molecule has 0 spiro atoms. The topological polar surface area (TPSA) is 44.9 Å². The number of para-hydroxylation sites is 1. The molecule has 0 saturated heterocycles. The van der Waals surface area contributed by atoms with Crippen LogP contribution in [0.1, 0.15) is 63.3 Å². The van der Waals surface area contributed by atoms with E-state index < -0.39 is 0 Å². The molecule has 7 aromatic rings. The van der Waals surface area contributed by atoms with Crippen molar-refractivity contribution in [2.45, 2.75) is 67.2 Å². The van der Waals surface area contributed by atoms with Gasteiger partial charge in [-0.3, -0.25) is 4.68 Å². The molecule has 0 N–H and O–H groups in total. The number of benzene rings is 4. The first-order valence-corrected chi connectivity index (χ1v) is 17.6. The Hall–Kier alpha value is -4.47. The summed E-state index contributed by atoms with van der Waals surface area (Å²) in [5, 5.41) is 7.11. The van der Waals surface area contributed by atoms with Gasteiger partial charge in [0.1, 0.15) is 5.82 Å². The Morgan fingerprint density at radius 2 is 1.58 bits per heavy atom. The van der Waals surface area contributed by atoms with Crippen LogP contribution in [-0.4, -0.2) is 19.3 Å². The molecule has 0 amide bonds. The summed E-state index contributed by atoms with van der Waals surface area (Å²) in [4.78, 5) is 4.70. The molecule has 4 aromatic carbocycles. The average Bonchev–Trinajstić information content (AvgIpc) is 3.69. The first kappa shape index (κ1) is 35.4. The number of nitrogens with zero attached hydrogens (tertiary/aromatic N) is 4. The van der Waals surface area contributed by atoms with Crippen molar-refractivity contribution in [3.8, 4) is 34.1 Å². The smallest absolute Gasteiger partial charge is 0.509 e. The van der Waals surface area contributed by atoms with Gasteiger partial charge in [0.25, 0.3) is 0 Å². The molecule has 0 radical (unpaired) electrons. The second kappa shape index (κ2) is 15.2. The number of fused-ring (bicyclic) bond motifs is 3. The van der Waals surface area contributed by atoms with E-state index in [1.54, 1.807) is 0 Å². The fourth-order valence-corrected chi connectivity index (χ4v) is 7.00. The Morgan fingerprint density at radius 3 is 2.36 bits per heavy atom. The van der Waals surface area contributed by atoms with Crippen LogP contribution in [-0.2, 0) is 40.3 Å². The van der Waals surface area contributed by atoms with Crippen LogP contribution in [0.15, 0.2) is 97.5 Å². The van der Waals surface area contributed by atoms with Crippen LogP contribution in [0.4, 0.5) is 0 Å². The maximum absolute atomic E-state index is 6.43. The maximum Gasteiger partial charge on any atom is 2.00 e. The molecule has 0 aliphatic rings. The number of ether oxygens (including phenoxy) is 1. The zero-order valence-corrected chi connectivity index (χ0v) is 32.0. The fourth-order valence-electron chi connectivity index (χ4n) is 7.00. The summed E-state index contributed by atoms with van der Waals surface area (Å²) < 4.78 is 10.5. The Labute approximate surface area is 310 Å². The van der Waals surface area contributed by atoms with Crippen LogP contribution in [0.25, 0.3) is 44.4 Å². The number of hydrogen-bond donors (Lipinski definition) is 0. The summed E-state index contributed by atoms with van der Waals surface area (Å²) in [7, 11) is 0. The molecule has 256 valence electrons. The van der Waals surface area contributed by atoms with Crippen LogP contribution in [0.5, 0.6) is 11.5 Å². The van der Waals surface area contributed by atoms with E-state index in [-0.39, 0.29) is 21.1 Å². The monoisotopic (exact) mass is 839 g/mol. The van der Waals surface area contributed by atoms with Crippen molar-refractivity contribution in [3.63, 3.8) is 0 Å². The summed E-state index contributed by atoms with van der Waals surface area (Å²) in [5.41, 5.74) is 10.8. The minimum atomic E-state index is 0. The SMILES string of the molecule is CCCc1ccc(CC(C)C)c(-c2cnn(-c3[c-]c(Oc4[c-]c5c(cc4)c4ccccc4n5-c4cc(C)ccn4)ccc3)c2)c1CC(C)C.[Pt+2]. The number of aryl methyl sites for hydroxylation is 2. The summed E-state index contributed by atoms with van der Waals surface area (Å²) in [5.74, 6) is 3.20.